The molecular weight excluding hydrogens is 274 g/mol. The number of hydrogen-bond acceptors (Lipinski definition) is 2. The molecule has 2 N–H and O–H groups in total. The van der Waals surface area contributed by atoms with Crippen LogP contribution in [0.1, 0.15) is 32.1 Å². The molecule has 1 aromatic heterocycles. The third-order valence-corrected chi connectivity index (χ3v) is 4.32. The third-order valence-electron chi connectivity index (χ3n) is 4.32. The molecule has 0 spiro atoms. The molecule has 1 heterocycles. The van der Waals surface area contributed by atoms with Gasteiger partial charge in [0.05, 0.1) is 17.4 Å². The van der Waals surface area contributed by atoms with Crippen LogP contribution in [0.2, 0.25) is 0 Å². The largest absolute Gasteiger partial charge is 0.356 e. The molecule has 1 aliphatic carbocycles. The molecule has 22 heavy (non-hydrogen) atoms. The summed E-state index contributed by atoms with van der Waals surface area (Å²) in [6.07, 6.45) is 8.18. The summed E-state index contributed by atoms with van der Waals surface area (Å²) in [5.74, 6) is 0.933. The fourth-order valence-corrected chi connectivity index (χ4v) is 3.10. The average Bonchev–Trinajstić information content (AvgIpc) is 3.20. The number of para-hydroxylation sites is 2. The number of nitrogens with zero attached hydrogens (tertiary/aromatic N) is 3. The smallest absolute Gasteiger partial charge is 0.191 e. The molecule has 1 aliphatic rings. The molecule has 0 unspecified atom stereocenters. The number of nitrogens with one attached hydrogen (secondary N) is 2. The van der Waals surface area contributed by atoms with Crippen LogP contribution in [0.5, 0.6) is 0 Å². The molecule has 5 heteroatoms. The van der Waals surface area contributed by atoms with Gasteiger partial charge in [0, 0.05) is 26.2 Å². The van der Waals surface area contributed by atoms with Gasteiger partial charge in [-0.25, -0.2) is 4.98 Å². The Labute approximate surface area is 131 Å². The Morgan fingerprint density at radius 2 is 2.14 bits per heavy atom. The fraction of sp³-hybridized carbons (Fsp3) is 0.529. The van der Waals surface area contributed by atoms with Crippen molar-refractivity contribution in [1.29, 1.82) is 0 Å². The Morgan fingerprint density at radius 1 is 1.32 bits per heavy atom. The van der Waals surface area contributed by atoms with Crippen molar-refractivity contribution in [3.8, 4) is 0 Å². The Kier molecular flexibility index (Phi) is 4.93. The normalized spacial score (nSPS) is 16.3. The molecule has 1 aromatic carbocycles. The molecule has 0 atom stereocenters. The topological polar surface area (TPSA) is 54.2 Å². The average molecular weight is 299 g/mol. The monoisotopic (exact) mass is 299 g/mol. The highest BCUT2D eigenvalue weighted by Gasteiger charge is 2.15. The van der Waals surface area contributed by atoms with Crippen LogP contribution in [0, 0.1) is 0 Å². The SMILES string of the molecule is CN=C(NCCCn1cnc2ccccc21)NC1CCCC1. The van der Waals surface area contributed by atoms with E-state index in [0.717, 1.165) is 31.0 Å². The van der Waals surface area contributed by atoms with Gasteiger partial charge >= 0.3 is 0 Å². The Bertz CT molecular complexity index is 625. The van der Waals surface area contributed by atoms with Gasteiger partial charge in [-0.1, -0.05) is 25.0 Å². The van der Waals surface area contributed by atoms with E-state index in [-0.39, 0.29) is 0 Å². The van der Waals surface area contributed by atoms with Crippen LogP contribution in [-0.4, -0.2) is 35.1 Å². The zero-order valence-electron chi connectivity index (χ0n) is 13.3. The summed E-state index contributed by atoms with van der Waals surface area (Å²) >= 11 is 0. The van der Waals surface area contributed by atoms with E-state index < -0.39 is 0 Å². The number of aryl methyl sites for hydroxylation is 1. The highest BCUT2D eigenvalue weighted by atomic mass is 15.2. The number of rotatable bonds is 5. The van der Waals surface area contributed by atoms with Crippen molar-refractivity contribution >= 4 is 17.0 Å². The molecule has 118 valence electrons. The minimum atomic E-state index is 0.601. The molecule has 2 aromatic rings. The predicted molar refractivity (Wildman–Crippen MR) is 91.1 cm³/mol. The maximum atomic E-state index is 4.42. The molecule has 3 rings (SSSR count). The van der Waals surface area contributed by atoms with Crippen molar-refractivity contribution in [2.24, 2.45) is 4.99 Å². The molecule has 0 radical (unpaired) electrons. The second kappa shape index (κ2) is 7.29. The van der Waals surface area contributed by atoms with Crippen LogP contribution in [-0.2, 0) is 6.54 Å². The molecule has 0 bridgehead atoms. The first kappa shape index (κ1) is 14.9. The first-order chi connectivity index (χ1) is 10.9. The Hall–Kier alpha value is -2.04. The zero-order chi connectivity index (χ0) is 15.2. The van der Waals surface area contributed by atoms with E-state index in [0.29, 0.717) is 6.04 Å². The second-order valence-electron chi connectivity index (χ2n) is 5.90. The van der Waals surface area contributed by atoms with E-state index in [1.807, 2.05) is 19.4 Å². The van der Waals surface area contributed by atoms with E-state index in [1.54, 1.807) is 0 Å². The van der Waals surface area contributed by atoms with E-state index >= 15 is 0 Å². The van der Waals surface area contributed by atoms with Crippen molar-refractivity contribution < 1.29 is 0 Å². The molecule has 1 fully saturated rings. The van der Waals surface area contributed by atoms with Crippen molar-refractivity contribution in [2.75, 3.05) is 13.6 Å². The van der Waals surface area contributed by atoms with Crippen LogP contribution in [0.25, 0.3) is 11.0 Å². The number of fused-ring (bicyclic) bond motifs is 1. The molecule has 0 saturated heterocycles. The fourth-order valence-electron chi connectivity index (χ4n) is 3.10. The molecular formula is C17H25N5. The summed E-state index contributed by atoms with van der Waals surface area (Å²) in [5.41, 5.74) is 2.27. The summed E-state index contributed by atoms with van der Waals surface area (Å²) in [7, 11) is 1.84. The number of benzene rings is 1. The lowest BCUT2D eigenvalue weighted by Gasteiger charge is -2.16. The van der Waals surface area contributed by atoms with E-state index in [4.69, 9.17) is 0 Å². The first-order valence-corrected chi connectivity index (χ1v) is 8.24. The number of aromatic nitrogens is 2. The lowest BCUT2D eigenvalue weighted by Crippen LogP contribution is -2.42. The maximum Gasteiger partial charge on any atom is 0.191 e. The van der Waals surface area contributed by atoms with Crippen LogP contribution in [0.15, 0.2) is 35.6 Å². The van der Waals surface area contributed by atoms with Gasteiger partial charge < -0.3 is 15.2 Å². The molecule has 1 saturated carbocycles. The van der Waals surface area contributed by atoms with Crippen molar-refractivity contribution in [3.05, 3.63) is 30.6 Å². The van der Waals surface area contributed by atoms with Gasteiger partial charge in [0.25, 0.3) is 0 Å². The van der Waals surface area contributed by atoms with Crippen molar-refractivity contribution in [1.82, 2.24) is 20.2 Å². The molecule has 0 amide bonds. The van der Waals surface area contributed by atoms with Crippen LogP contribution in [0.3, 0.4) is 0 Å². The molecule has 5 nitrogen and oxygen atoms in total. The zero-order valence-corrected chi connectivity index (χ0v) is 13.3. The number of imidazole rings is 1. The lowest BCUT2D eigenvalue weighted by molar-refractivity contribution is 0.598. The number of guanidine groups is 1. The van der Waals surface area contributed by atoms with Gasteiger partial charge in [0.15, 0.2) is 5.96 Å². The Morgan fingerprint density at radius 3 is 2.95 bits per heavy atom. The van der Waals surface area contributed by atoms with Gasteiger partial charge in [0.2, 0.25) is 0 Å². The molecule has 0 aliphatic heterocycles. The van der Waals surface area contributed by atoms with Crippen molar-refractivity contribution in [3.63, 3.8) is 0 Å². The summed E-state index contributed by atoms with van der Waals surface area (Å²) in [6, 6.07) is 8.86. The quantitative estimate of drug-likeness (QED) is 0.507. The first-order valence-electron chi connectivity index (χ1n) is 8.24. The summed E-state index contributed by atoms with van der Waals surface area (Å²) < 4.78 is 2.21. The number of hydrogen-bond donors (Lipinski definition) is 2. The van der Waals surface area contributed by atoms with Crippen LogP contribution in [0.4, 0.5) is 0 Å². The standard InChI is InChI=1S/C17H25N5/c1-18-17(21-14-7-2-3-8-14)19-11-6-12-22-13-20-15-9-4-5-10-16(15)22/h4-5,9-10,13-14H,2-3,6-8,11-12H2,1H3,(H2,18,19,21). The third kappa shape index (κ3) is 3.59. The Balaban J connectivity index is 1.44. The maximum absolute atomic E-state index is 4.42. The predicted octanol–water partition coefficient (Wildman–Crippen LogP) is 2.53. The summed E-state index contributed by atoms with van der Waals surface area (Å²) in [6.45, 7) is 1.88. The van der Waals surface area contributed by atoms with Gasteiger partial charge in [-0.05, 0) is 31.4 Å². The van der Waals surface area contributed by atoms with Gasteiger partial charge in [-0.3, -0.25) is 4.99 Å². The van der Waals surface area contributed by atoms with E-state index in [1.165, 1.54) is 31.2 Å². The minimum absolute atomic E-state index is 0.601. The van der Waals surface area contributed by atoms with E-state index in [9.17, 15) is 0 Å². The summed E-state index contributed by atoms with van der Waals surface area (Å²) in [4.78, 5) is 8.73. The van der Waals surface area contributed by atoms with Gasteiger partial charge in [-0.2, -0.15) is 0 Å². The minimum Gasteiger partial charge on any atom is -0.356 e. The highest BCUT2D eigenvalue weighted by Crippen LogP contribution is 2.17. The summed E-state index contributed by atoms with van der Waals surface area (Å²) in [5, 5.41) is 6.92. The van der Waals surface area contributed by atoms with E-state index in [2.05, 4.69) is 43.4 Å². The van der Waals surface area contributed by atoms with Crippen LogP contribution >= 0.6 is 0 Å². The lowest BCUT2D eigenvalue weighted by atomic mass is 10.2. The van der Waals surface area contributed by atoms with Gasteiger partial charge in [0.1, 0.15) is 0 Å². The van der Waals surface area contributed by atoms with Crippen LogP contribution < -0.4 is 10.6 Å². The second-order valence-corrected chi connectivity index (χ2v) is 5.90. The number of aliphatic imine (C=N–C) groups is 1. The highest BCUT2D eigenvalue weighted by molar-refractivity contribution is 5.80. The van der Waals surface area contributed by atoms with Crippen molar-refractivity contribution in [2.45, 2.75) is 44.7 Å². The van der Waals surface area contributed by atoms with Gasteiger partial charge in [-0.15, -0.1) is 0 Å².